The summed E-state index contributed by atoms with van der Waals surface area (Å²) in [6.45, 7) is 0. The highest BCUT2D eigenvalue weighted by Crippen LogP contribution is 1.95. The average Bonchev–Trinajstić information content (AvgIpc) is 2.41. The maximum Gasteiger partial charge on any atom is 0.124 e. The van der Waals surface area contributed by atoms with E-state index in [2.05, 4.69) is 4.98 Å². The molecule has 0 unspecified atom stereocenters. The van der Waals surface area contributed by atoms with Crippen molar-refractivity contribution in [2.24, 2.45) is 0 Å². The van der Waals surface area contributed by atoms with E-state index in [9.17, 15) is 4.79 Å². The van der Waals surface area contributed by atoms with E-state index in [1.54, 1.807) is 18.1 Å². The van der Waals surface area contributed by atoms with Crippen LogP contribution < -0.4 is 0 Å². The second kappa shape index (κ2) is 3.49. The van der Waals surface area contributed by atoms with Crippen LogP contribution in [0.5, 0.6) is 0 Å². The smallest absolute Gasteiger partial charge is 0.124 e. The van der Waals surface area contributed by atoms with E-state index in [-0.39, 0.29) is 0 Å². The van der Waals surface area contributed by atoms with Crippen LogP contribution in [0.25, 0.3) is 6.08 Å². The zero-order chi connectivity index (χ0) is 7.23. The molecule has 0 spiro atoms. The molecule has 1 aromatic rings. The van der Waals surface area contributed by atoms with Crippen molar-refractivity contribution in [2.75, 3.05) is 0 Å². The molecule has 1 rings (SSSR count). The maximum absolute atomic E-state index is 9.69. The number of nitrogens with one attached hydrogen (secondary N) is 1. The molecule has 10 heavy (non-hydrogen) atoms. The third-order valence-corrected chi connectivity index (χ3v) is 1.06. The Labute approximate surface area is 58.9 Å². The topological polar surface area (TPSA) is 32.9 Å². The summed E-state index contributed by atoms with van der Waals surface area (Å²) in [4.78, 5) is 12.7. The van der Waals surface area contributed by atoms with Gasteiger partial charge in [0.1, 0.15) is 5.94 Å². The predicted octanol–water partition coefficient (Wildman–Crippen LogP) is 1.42. The van der Waals surface area contributed by atoms with Crippen molar-refractivity contribution in [1.82, 2.24) is 4.98 Å². The van der Waals surface area contributed by atoms with Crippen molar-refractivity contribution in [2.45, 2.75) is 0 Å². The molecular weight excluding hydrogens is 126 g/mol. The molecule has 0 atom stereocenters. The molecule has 0 aliphatic carbocycles. The molecule has 0 saturated heterocycles. The zero-order valence-electron chi connectivity index (χ0n) is 5.37. The fourth-order valence-electron chi connectivity index (χ4n) is 0.639. The molecule has 0 amide bonds. The average molecular weight is 133 g/mol. The minimum atomic E-state index is 0.978. The first-order chi connectivity index (χ1) is 4.93. The summed E-state index contributed by atoms with van der Waals surface area (Å²) >= 11 is 0. The number of hydrogen-bond acceptors (Lipinski definition) is 1. The van der Waals surface area contributed by atoms with Crippen molar-refractivity contribution in [1.29, 1.82) is 0 Å². The highest BCUT2D eigenvalue weighted by molar-refractivity contribution is 5.55. The molecule has 0 aliphatic heterocycles. The number of H-pyrrole nitrogens is 1. The summed E-state index contributed by atoms with van der Waals surface area (Å²) in [6.07, 6.45) is 6.58. The number of aromatic amines is 1. The summed E-state index contributed by atoms with van der Waals surface area (Å²) in [5.41, 5.74) is 0.978. The SMILES string of the molecule is O=C=C/C=C/c1ccc[nH]1. The van der Waals surface area contributed by atoms with Gasteiger partial charge >= 0.3 is 0 Å². The standard InChI is InChI=1S/C8H7NO/c10-7-2-1-4-8-5-3-6-9-8/h1-6,9H/b4-1+. The normalized spacial score (nSPS) is 9.60. The molecule has 0 aromatic carbocycles. The fourth-order valence-corrected chi connectivity index (χ4v) is 0.639. The van der Waals surface area contributed by atoms with E-state index >= 15 is 0 Å². The Morgan fingerprint density at radius 1 is 1.60 bits per heavy atom. The van der Waals surface area contributed by atoms with Gasteiger partial charge in [0.15, 0.2) is 0 Å². The molecule has 0 radical (unpaired) electrons. The van der Waals surface area contributed by atoms with E-state index in [0.29, 0.717) is 0 Å². The molecule has 2 heteroatoms. The molecule has 2 nitrogen and oxygen atoms in total. The summed E-state index contributed by atoms with van der Waals surface area (Å²) in [6, 6.07) is 3.81. The zero-order valence-corrected chi connectivity index (χ0v) is 5.37. The van der Waals surface area contributed by atoms with E-state index in [4.69, 9.17) is 0 Å². The number of aromatic nitrogens is 1. The van der Waals surface area contributed by atoms with Gasteiger partial charge < -0.3 is 4.98 Å². The summed E-state index contributed by atoms with van der Waals surface area (Å²) in [5, 5.41) is 0. The Kier molecular flexibility index (Phi) is 2.30. The molecule has 1 N–H and O–H groups in total. The molecule has 50 valence electrons. The minimum Gasteiger partial charge on any atom is -0.362 e. The Balaban J connectivity index is 2.63. The lowest BCUT2D eigenvalue weighted by Crippen LogP contribution is -1.64. The lowest BCUT2D eigenvalue weighted by molar-refractivity contribution is 0.569. The van der Waals surface area contributed by atoms with E-state index in [0.717, 1.165) is 5.69 Å². The van der Waals surface area contributed by atoms with Crippen molar-refractivity contribution in [3.05, 3.63) is 36.2 Å². The lowest BCUT2D eigenvalue weighted by Gasteiger charge is -1.78. The monoisotopic (exact) mass is 133 g/mol. The van der Waals surface area contributed by atoms with Gasteiger partial charge in [-0.3, -0.25) is 0 Å². The highest BCUT2D eigenvalue weighted by Gasteiger charge is 1.79. The number of carbonyl (C=O) groups excluding carboxylic acids is 1. The van der Waals surface area contributed by atoms with Gasteiger partial charge in [0.05, 0.1) is 0 Å². The van der Waals surface area contributed by atoms with E-state index in [1.165, 1.54) is 6.08 Å². The fraction of sp³-hybridized carbons (Fsp3) is 0. The van der Waals surface area contributed by atoms with Crippen molar-refractivity contribution in [3.63, 3.8) is 0 Å². The van der Waals surface area contributed by atoms with Crippen molar-refractivity contribution < 1.29 is 4.79 Å². The van der Waals surface area contributed by atoms with Crippen LogP contribution in [-0.4, -0.2) is 10.9 Å². The highest BCUT2D eigenvalue weighted by atomic mass is 16.1. The third-order valence-electron chi connectivity index (χ3n) is 1.06. The Morgan fingerprint density at radius 3 is 3.10 bits per heavy atom. The van der Waals surface area contributed by atoms with Crippen LogP contribution in [0.3, 0.4) is 0 Å². The van der Waals surface area contributed by atoms with Gasteiger partial charge in [-0.2, -0.15) is 0 Å². The first-order valence-corrected chi connectivity index (χ1v) is 2.94. The Hall–Kier alpha value is -1.53. The van der Waals surface area contributed by atoms with Gasteiger partial charge in [-0.05, 0) is 24.3 Å². The second-order valence-corrected chi connectivity index (χ2v) is 1.77. The molecular formula is C8H7NO. The van der Waals surface area contributed by atoms with E-state index in [1.807, 2.05) is 18.3 Å². The first kappa shape index (κ1) is 6.59. The van der Waals surface area contributed by atoms with Gasteiger partial charge in [0.2, 0.25) is 0 Å². The number of rotatable bonds is 2. The first-order valence-electron chi connectivity index (χ1n) is 2.94. The van der Waals surface area contributed by atoms with Crippen LogP contribution >= 0.6 is 0 Å². The van der Waals surface area contributed by atoms with E-state index < -0.39 is 0 Å². The Bertz CT molecular complexity index is 253. The molecule has 0 bridgehead atoms. The molecule has 1 aromatic heterocycles. The van der Waals surface area contributed by atoms with Crippen molar-refractivity contribution in [3.8, 4) is 0 Å². The van der Waals surface area contributed by atoms with Crippen LogP contribution in [0.2, 0.25) is 0 Å². The third kappa shape index (κ3) is 1.77. The summed E-state index contributed by atoms with van der Waals surface area (Å²) < 4.78 is 0. The van der Waals surface area contributed by atoms with Gasteiger partial charge in [-0.15, -0.1) is 0 Å². The van der Waals surface area contributed by atoms with Crippen LogP contribution in [0, 0.1) is 0 Å². The van der Waals surface area contributed by atoms with Crippen LogP contribution in [0.1, 0.15) is 5.69 Å². The number of hydrogen-bond donors (Lipinski definition) is 1. The quantitative estimate of drug-likeness (QED) is 0.480. The Morgan fingerprint density at radius 2 is 2.50 bits per heavy atom. The second-order valence-electron chi connectivity index (χ2n) is 1.77. The van der Waals surface area contributed by atoms with Crippen molar-refractivity contribution >= 4 is 12.0 Å². The van der Waals surface area contributed by atoms with Gasteiger partial charge in [0.25, 0.3) is 0 Å². The molecule has 0 aliphatic rings. The van der Waals surface area contributed by atoms with Gasteiger partial charge in [-0.25, -0.2) is 4.79 Å². The minimum absolute atomic E-state index is 0.978. The van der Waals surface area contributed by atoms with Crippen LogP contribution in [0.15, 0.2) is 30.5 Å². The maximum atomic E-state index is 9.69. The number of allylic oxidation sites excluding steroid dienone is 2. The van der Waals surface area contributed by atoms with Crippen LogP contribution in [-0.2, 0) is 4.79 Å². The summed E-state index contributed by atoms with van der Waals surface area (Å²) in [5.74, 6) is 1.65. The predicted molar refractivity (Wildman–Crippen MR) is 40.1 cm³/mol. The molecule has 1 heterocycles. The molecule has 0 fully saturated rings. The molecule has 0 saturated carbocycles. The van der Waals surface area contributed by atoms with Gasteiger partial charge in [0, 0.05) is 18.0 Å². The largest absolute Gasteiger partial charge is 0.362 e. The van der Waals surface area contributed by atoms with Gasteiger partial charge in [-0.1, -0.05) is 0 Å². The summed E-state index contributed by atoms with van der Waals surface area (Å²) in [7, 11) is 0. The van der Waals surface area contributed by atoms with Crippen LogP contribution in [0.4, 0.5) is 0 Å². The lowest BCUT2D eigenvalue weighted by atomic mass is 10.4.